The van der Waals surface area contributed by atoms with Gasteiger partial charge in [0.05, 0.1) is 6.04 Å². The maximum atomic E-state index is 12.6. The molecule has 0 radical (unpaired) electrons. The number of hydrogen-bond acceptors (Lipinski definition) is 4. The topological polar surface area (TPSA) is 56.4 Å². The van der Waals surface area contributed by atoms with Gasteiger partial charge in [-0.25, -0.2) is 0 Å². The third-order valence-corrected chi connectivity index (χ3v) is 6.00. The molecule has 2 aliphatic rings. The molecule has 1 aromatic carbocycles. The number of likely N-dealkylation sites (tertiary alicyclic amines) is 1. The summed E-state index contributed by atoms with van der Waals surface area (Å²) in [5, 5.41) is 3.23. The highest BCUT2D eigenvalue weighted by molar-refractivity contribution is 5.76. The van der Waals surface area contributed by atoms with Crippen molar-refractivity contribution in [1.29, 1.82) is 0 Å². The van der Waals surface area contributed by atoms with E-state index in [1.807, 2.05) is 0 Å². The summed E-state index contributed by atoms with van der Waals surface area (Å²) in [4.78, 5) is 15.2. The molecule has 2 heterocycles. The molecule has 2 aliphatic heterocycles. The van der Waals surface area contributed by atoms with Crippen molar-refractivity contribution in [3.05, 3.63) is 35.9 Å². The van der Waals surface area contributed by atoms with Crippen molar-refractivity contribution < 1.29 is 4.79 Å². The van der Waals surface area contributed by atoms with E-state index in [9.17, 15) is 4.79 Å². The van der Waals surface area contributed by atoms with Crippen LogP contribution in [-0.2, 0) is 4.79 Å². The maximum absolute atomic E-state index is 12.6. The third kappa shape index (κ3) is 5.06. The van der Waals surface area contributed by atoms with E-state index in [4.69, 9.17) is 0 Å². The van der Waals surface area contributed by atoms with Gasteiger partial charge in [-0.15, -0.1) is 0 Å². The molecule has 3 rings (SSSR count). The van der Waals surface area contributed by atoms with E-state index in [1.54, 1.807) is 0 Å². The lowest BCUT2D eigenvalue weighted by atomic mass is 9.93. The summed E-state index contributed by atoms with van der Waals surface area (Å²) in [5.74, 6) is 0.498. The molecule has 3 N–H and O–H groups in total. The number of carbonyl (C=O) groups is 1. The largest absolute Gasteiger partial charge is 0.354 e. The highest BCUT2D eigenvalue weighted by Crippen LogP contribution is 2.24. The molecular formula is C21H34N4O. The van der Waals surface area contributed by atoms with Gasteiger partial charge in [-0.3, -0.25) is 20.5 Å². The van der Waals surface area contributed by atoms with Crippen molar-refractivity contribution in [3.8, 4) is 0 Å². The van der Waals surface area contributed by atoms with E-state index < -0.39 is 0 Å². The lowest BCUT2D eigenvalue weighted by molar-refractivity contribution is -0.122. The first-order valence-electron chi connectivity index (χ1n) is 10.2. The van der Waals surface area contributed by atoms with E-state index in [0.29, 0.717) is 31.0 Å². The number of nitrogens with one attached hydrogen (secondary N) is 3. The van der Waals surface area contributed by atoms with Crippen LogP contribution in [0.5, 0.6) is 0 Å². The average molecular weight is 359 g/mol. The summed E-state index contributed by atoms with van der Waals surface area (Å²) in [5.41, 5.74) is 7.78. The van der Waals surface area contributed by atoms with Crippen LogP contribution in [0.2, 0.25) is 0 Å². The van der Waals surface area contributed by atoms with Crippen LogP contribution in [0.1, 0.15) is 57.6 Å². The molecule has 0 saturated carbocycles. The fraction of sp³-hybridized carbons (Fsp3) is 0.667. The lowest BCUT2D eigenvalue weighted by Gasteiger charge is -2.31. The first-order chi connectivity index (χ1) is 12.6. The molecule has 1 aromatic rings. The average Bonchev–Trinajstić information content (AvgIpc) is 2.85. The number of hydrazine groups is 1. The molecule has 2 fully saturated rings. The summed E-state index contributed by atoms with van der Waals surface area (Å²) < 4.78 is 0. The molecule has 5 heteroatoms. The SMILES string of the molecule is CC1NNC(C)C1CC(=O)NCC(c1ccccc1)N1CCCCCC1. The molecule has 0 aliphatic carbocycles. The Morgan fingerprint density at radius 1 is 1.08 bits per heavy atom. The van der Waals surface area contributed by atoms with E-state index in [2.05, 4.69) is 65.2 Å². The van der Waals surface area contributed by atoms with Crippen molar-refractivity contribution in [2.24, 2.45) is 5.92 Å². The van der Waals surface area contributed by atoms with Crippen LogP contribution in [-0.4, -0.2) is 42.5 Å². The number of hydrogen-bond donors (Lipinski definition) is 3. The minimum Gasteiger partial charge on any atom is -0.354 e. The zero-order valence-electron chi connectivity index (χ0n) is 16.2. The number of rotatable bonds is 6. The Morgan fingerprint density at radius 3 is 2.31 bits per heavy atom. The Balaban J connectivity index is 1.61. The predicted molar refractivity (Wildman–Crippen MR) is 106 cm³/mol. The summed E-state index contributed by atoms with van der Waals surface area (Å²) in [6.07, 6.45) is 5.73. The minimum atomic E-state index is 0.162. The molecule has 0 bridgehead atoms. The third-order valence-electron chi connectivity index (χ3n) is 6.00. The number of benzene rings is 1. The number of nitrogens with zero attached hydrogens (tertiary/aromatic N) is 1. The normalized spacial score (nSPS) is 28.5. The fourth-order valence-electron chi connectivity index (χ4n) is 4.30. The van der Waals surface area contributed by atoms with E-state index in [0.717, 1.165) is 13.1 Å². The van der Waals surface area contributed by atoms with Gasteiger partial charge < -0.3 is 5.32 Å². The lowest BCUT2D eigenvalue weighted by Crippen LogP contribution is -2.40. The Bertz CT molecular complexity index is 546. The molecule has 26 heavy (non-hydrogen) atoms. The van der Waals surface area contributed by atoms with Gasteiger partial charge in [0.2, 0.25) is 5.91 Å². The molecule has 2 saturated heterocycles. The second-order valence-corrected chi connectivity index (χ2v) is 7.91. The summed E-state index contributed by atoms with van der Waals surface area (Å²) in [6.45, 7) is 7.22. The predicted octanol–water partition coefficient (Wildman–Crippen LogP) is 2.61. The van der Waals surface area contributed by atoms with Gasteiger partial charge in [0.15, 0.2) is 0 Å². The van der Waals surface area contributed by atoms with E-state index in [1.165, 1.54) is 31.2 Å². The van der Waals surface area contributed by atoms with Gasteiger partial charge in [-0.1, -0.05) is 43.2 Å². The zero-order chi connectivity index (χ0) is 18.4. The first kappa shape index (κ1) is 19.3. The van der Waals surface area contributed by atoms with E-state index in [-0.39, 0.29) is 11.9 Å². The summed E-state index contributed by atoms with van der Waals surface area (Å²) in [7, 11) is 0. The van der Waals surface area contributed by atoms with Gasteiger partial charge in [-0.2, -0.15) is 0 Å². The van der Waals surface area contributed by atoms with Gasteiger partial charge >= 0.3 is 0 Å². The standard InChI is InChI=1S/C21H34N4O/c1-16-19(17(2)24-23-16)14-21(26)22-15-20(18-10-6-5-7-11-18)25-12-8-3-4-9-13-25/h5-7,10-11,16-17,19-20,23-24H,3-4,8-9,12-15H2,1-2H3,(H,22,26). The molecule has 144 valence electrons. The van der Waals surface area contributed by atoms with Crippen LogP contribution in [0, 0.1) is 5.92 Å². The molecule has 0 aromatic heterocycles. The van der Waals surface area contributed by atoms with Crippen LogP contribution in [0.3, 0.4) is 0 Å². The smallest absolute Gasteiger partial charge is 0.220 e. The summed E-state index contributed by atoms with van der Waals surface area (Å²) >= 11 is 0. The van der Waals surface area contributed by atoms with Crippen molar-refractivity contribution in [1.82, 2.24) is 21.1 Å². The Morgan fingerprint density at radius 2 is 1.69 bits per heavy atom. The summed E-state index contributed by atoms with van der Waals surface area (Å²) in [6, 6.07) is 11.6. The fourth-order valence-corrected chi connectivity index (χ4v) is 4.30. The minimum absolute atomic E-state index is 0.162. The van der Waals surface area contributed by atoms with E-state index >= 15 is 0 Å². The second-order valence-electron chi connectivity index (χ2n) is 7.91. The van der Waals surface area contributed by atoms with Gasteiger partial charge in [-0.05, 0) is 45.3 Å². The maximum Gasteiger partial charge on any atom is 0.220 e. The second kappa shape index (κ2) is 9.49. The molecule has 3 atom stereocenters. The zero-order valence-corrected chi connectivity index (χ0v) is 16.2. The Hall–Kier alpha value is -1.43. The van der Waals surface area contributed by atoms with Crippen molar-refractivity contribution >= 4 is 5.91 Å². The highest BCUT2D eigenvalue weighted by Gasteiger charge is 2.31. The van der Waals surface area contributed by atoms with Crippen LogP contribution in [0.4, 0.5) is 0 Å². The highest BCUT2D eigenvalue weighted by atomic mass is 16.1. The van der Waals surface area contributed by atoms with Crippen LogP contribution in [0.25, 0.3) is 0 Å². The number of amides is 1. The molecule has 3 unspecified atom stereocenters. The molecule has 1 amide bonds. The first-order valence-corrected chi connectivity index (χ1v) is 10.2. The van der Waals surface area contributed by atoms with Crippen LogP contribution < -0.4 is 16.2 Å². The molecular weight excluding hydrogens is 324 g/mol. The van der Waals surface area contributed by atoms with Gasteiger partial charge in [0, 0.05) is 31.0 Å². The van der Waals surface area contributed by atoms with Gasteiger partial charge in [0.1, 0.15) is 0 Å². The van der Waals surface area contributed by atoms with Crippen LogP contribution >= 0.6 is 0 Å². The molecule has 5 nitrogen and oxygen atoms in total. The van der Waals surface area contributed by atoms with Crippen molar-refractivity contribution in [2.45, 2.75) is 64.1 Å². The molecule has 0 spiro atoms. The van der Waals surface area contributed by atoms with Crippen molar-refractivity contribution in [3.63, 3.8) is 0 Å². The van der Waals surface area contributed by atoms with Gasteiger partial charge in [0.25, 0.3) is 0 Å². The quantitative estimate of drug-likeness (QED) is 0.732. The van der Waals surface area contributed by atoms with Crippen LogP contribution in [0.15, 0.2) is 30.3 Å². The Kier molecular flexibility index (Phi) is 7.06. The Labute approximate surface area is 157 Å². The number of carbonyl (C=O) groups excluding carboxylic acids is 1. The monoisotopic (exact) mass is 358 g/mol. The van der Waals surface area contributed by atoms with Crippen molar-refractivity contribution in [2.75, 3.05) is 19.6 Å².